The van der Waals surface area contributed by atoms with E-state index in [4.69, 9.17) is 0 Å². The highest BCUT2D eigenvalue weighted by molar-refractivity contribution is 6.12. The molecule has 0 aliphatic carbocycles. The molecule has 0 aromatic carbocycles. The molecule has 4 heteroatoms. The molecular weight excluding hydrogens is 180 g/mol. The SMILES string of the molecule is CCN1C(=O)C=CC1=O.CCNCC. The second-order valence-corrected chi connectivity index (χ2v) is 2.71. The quantitative estimate of drug-likeness (QED) is 0.674. The summed E-state index contributed by atoms with van der Waals surface area (Å²) in [7, 11) is 0. The van der Waals surface area contributed by atoms with Crippen molar-refractivity contribution >= 4 is 11.8 Å². The molecule has 0 saturated heterocycles. The average molecular weight is 198 g/mol. The van der Waals surface area contributed by atoms with Gasteiger partial charge in [0.2, 0.25) is 0 Å². The number of likely N-dealkylation sites (N-methyl/N-ethyl adjacent to an activating group) is 1. The summed E-state index contributed by atoms with van der Waals surface area (Å²) in [4.78, 5) is 22.4. The molecule has 80 valence electrons. The Hall–Kier alpha value is -1.16. The monoisotopic (exact) mass is 198 g/mol. The van der Waals surface area contributed by atoms with Crippen LogP contribution in [0.4, 0.5) is 0 Å². The Labute approximate surface area is 85.0 Å². The molecule has 1 heterocycles. The third kappa shape index (κ3) is 4.18. The zero-order valence-electron chi connectivity index (χ0n) is 9.04. The lowest BCUT2D eigenvalue weighted by Gasteiger charge is -2.08. The molecule has 0 radical (unpaired) electrons. The molecule has 4 nitrogen and oxygen atoms in total. The van der Waals surface area contributed by atoms with Gasteiger partial charge in [-0.3, -0.25) is 14.5 Å². The van der Waals surface area contributed by atoms with Gasteiger partial charge in [-0.1, -0.05) is 13.8 Å². The van der Waals surface area contributed by atoms with Crippen LogP contribution in [0.25, 0.3) is 0 Å². The molecule has 2 amide bonds. The van der Waals surface area contributed by atoms with Crippen LogP contribution in [0.15, 0.2) is 12.2 Å². The lowest BCUT2D eigenvalue weighted by atomic mass is 10.5. The van der Waals surface area contributed by atoms with E-state index >= 15 is 0 Å². The summed E-state index contributed by atoms with van der Waals surface area (Å²) >= 11 is 0. The number of hydrogen-bond acceptors (Lipinski definition) is 3. The highest BCUT2D eigenvalue weighted by Crippen LogP contribution is 2.00. The topological polar surface area (TPSA) is 49.4 Å². The van der Waals surface area contributed by atoms with Crippen LogP contribution in [0.5, 0.6) is 0 Å². The molecule has 1 aliphatic heterocycles. The molecule has 1 rings (SSSR count). The fourth-order valence-electron chi connectivity index (χ4n) is 0.993. The van der Waals surface area contributed by atoms with Gasteiger partial charge in [-0.2, -0.15) is 0 Å². The van der Waals surface area contributed by atoms with E-state index in [0.29, 0.717) is 6.54 Å². The van der Waals surface area contributed by atoms with Crippen molar-refractivity contribution in [2.45, 2.75) is 20.8 Å². The largest absolute Gasteiger partial charge is 0.317 e. The Morgan fingerprint density at radius 2 is 1.50 bits per heavy atom. The fraction of sp³-hybridized carbons (Fsp3) is 0.600. The van der Waals surface area contributed by atoms with Gasteiger partial charge in [0, 0.05) is 18.7 Å². The second kappa shape index (κ2) is 7.26. The zero-order chi connectivity index (χ0) is 11.0. The van der Waals surface area contributed by atoms with Gasteiger partial charge in [0.25, 0.3) is 11.8 Å². The third-order valence-electron chi connectivity index (χ3n) is 1.72. The molecule has 0 atom stereocenters. The van der Waals surface area contributed by atoms with E-state index in [1.54, 1.807) is 6.92 Å². The average Bonchev–Trinajstić information content (AvgIpc) is 2.48. The Bertz CT molecular complexity index is 204. The normalized spacial score (nSPS) is 14.4. The van der Waals surface area contributed by atoms with Crippen LogP contribution in [0.2, 0.25) is 0 Å². The zero-order valence-corrected chi connectivity index (χ0v) is 9.04. The predicted octanol–water partition coefficient (Wildman–Crippen LogP) is 0.547. The van der Waals surface area contributed by atoms with E-state index in [1.807, 2.05) is 0 Å². The molecule has 0 aromatic rings. The number of carbonyl (C=O) groups excluding carboxylic acids is 2. The lowest BCUT2D eigenvalue weighted by molar-refractivity contribution is -0.136. The highest BCUT2D eigenvalue weighted by atomic mass is 16.2. The van der Waals surface area contributed by atoms with Crippen molar-refractivity contribution in [3.05, 3.63) is 12.2 Å². The molecule has 0 fully saturated rings. The summed E-state index contributed by atoms with van der Waals surface area (Å²) in [6.07, 6.45) is 2.57. The van der Waals surface area contributed by atoms with Crippen molar-refractivity contribution in [2.24, 2.45) is 0 Å². The number of imide groups is 1. The van der Waals surface area contributed by atoms with Gasteiger partial charge in [-0.15, -0.1) is 0 Å². The molecule has 0 unspecified atom stereocenters. The van der Waals surface area contributed by atoms with Gasteiger partial charge in [0.05, 0.1) is 0 Å². The number of rotatable bonds is 3. The van der Waals surface area contributed by atoms with Crippen LogP contribution in [0.1, 0.15) is 20.8 Å². The first-order valence-electron chi connectivity index (χ1n) is 4.91. The summed E-state index contributed by atoms with van der Waals surface area (Å²) in [6.45, 7) is 8.62. The van der Waals surface area contributed by atoms with Crippen molar-refractivity contribution in [3.63, 3.8) is 0 Å². The summed E-state index contributed by atoms with van der Waals surface area (Å²) in [5.74, 6) is -0.412. The highest BCUT2D eigenvalue weighted by Gasteiger charge is 2.20. The van der Waals surface area contributed by atoms with E-state index < -0.39 is 0 Å². The molecular formula is C10H18N2O2. The molecule has 0 aromatic heterocycles. The van der Waals surface area contributed by atoms with E-state index in [9.17, 15) is 9.59 Å². The van der Waals surface area contributed by atoms with E-state index in [0.717, 1.165) is 13.1 Å². The van der Waals surface area contributed by atoms with Crippen molar-refractivity contribution in [3.8, 4) is 0 Å². The molecule has 14 heavy (non-hydrogen) atoms. The first kappa shape index (κ1) is 12.8. The Kier molecular flexibility index (Phi) is 6.66. The van der Waals surface area contributed by atoms with Crippen LogP contribution in [-0.4, -0.2) is 36.3 Å². The minimum Gasteiger partial charge on any atom is -0.317 e. The van der Waals surface area contributed by atoms with Crippen LogP contribution in [0, 0.1) is 0 Å². The van der Waals surface area contributed by atoms with Gasteiger partial charge in [-0.05, 0) is 20.0 Å². The Balaban J connectivity index is 0.000000292. The summed E-state index contributed by atoms with van der Waals surface area (Å²) in [6, 6.07) is 0. The minimum absolute atomic E-state index is 0.206. The summed E-state index contributed by atoms with van der Waals surface area (Å²) < 4.78 is 0. The van der Waals surface area contributed by atoms with Gasteiger partial charge < -0.3 is 5.32 Å². The molecule has 1 aliphatic rings. The summed E-state index contributed by atoms with van der Waals surface area (Å²) in [5.41, 5.74) is 0. The minimum atomic E-state index is -0.206. The van der Waals surface area contributed by atoms with Crippen LogP contribution < -0.4 is 5.32 Å². The van der Waals surface area contributed by atoms with Gasteiger partial charge in [0.15, 0.2) is 0 Å². The van der Waals surface area contributed by atoms with Gasteiger partial charge in [0.1, 0.15) is 0 Å². The number of nitrogens with one attached hydrogen (secondary N) is 1. The van der Waals surface area contributed by atoms with Crippen molar-refractivity contribution < 1.29 is 9.59 Å². The standard InChI is InChI=1S/C6H7NO2.C4H11N/c1-2-7-5(8)3-4-6(7)9;1-3-5-4-2/h3-4H,2H2,1H3;5H,3-4H2,1-2H3. The fourth-order valence-corrected chi connectivity index (χ4v) is 0.993. The van der Waals surface area contributed by atoms with Crippen molar-refractivity contribution in [1.82, 2.24) is 10.2 Å². The van der Waals surface area contributed by atoms with Gasteiger partial charge >= 0.3 is 0 Å². The number of amides is 2. The molecule has 0 saturated carbocycles. The maximum Gasteiger partial charge on any atom is 0.253 e. The predicted molar refractivity (Wildman–Crippen MR) is 55.8 cm³/mol. The molecule has 0 bridgehead atoms. The van der Waals surface area contributed by atoms with E-state index in [-0.39, 0.29) is 11.8 Å². The molecule has 0 spiro atoms. The maximum atomic E-state index is 10.6. The second-order valence-electron chi connectivity index (χ2n) is 2.71. The smallest absolute Gasteiger partial charge is 0.253 e. The van der Waals surface area contributed by atoms with Crippen LogP contribution in [0.3, 0.4) is 0 Å². The lowest BCUT2D eigenvalue weighted by Crippen LogP contribution is -2.29. The van der Waals surface area contributed by atoms with Crippen LogP contribution >= 0.6 is 0 Å². The number of nitrogens with zero attached hydrogens (tertiary/aromatic N) is 1. The first-order valence-corrected chi connectivity index (χ1v) is 4.91. The summed E-state index contributed by atoms with van der Waals surface area (Å²) in [5, 5.41) is 3.11. The Morgan fingerprint density at radius 1 is 1.07 bits per heavy atom. The maximum absolute atomic E-state index is 10.6. The number of hydrogen-bond donors (Lipinski definition) is 1. The Morgan fingerprint density at radius 3 is 1.64 bits per heavy atom. The van der Waals surface area contributed by atoms with Gasteiger partial charge in [-0.25, -0.2) is 0 Å². The van der Waals surface area contributed by atoms with Crippen LogP contribution in [-0.2, 0) is 9.59 Å². The van der Waals surface area contributed by atoms with Crippen molar-refractivity contribution in [2.75, 3.05) is 19.6 Å². The molecule has 1 N–H and O–H groups in total. The first-order chi connectivity index (χ1) is 6.67. The van der Waals surface area contributed by atoms with Crippen molar-refractivity contribution in [1.29, 1.82) is 0 Å². The van der Waals surface area contributed by atoms with E-state index in [1.165, 1.54) is 17.1 Å². The van der Waals surface area contributed by atoms with E-state index in [2.05, 4.69) is 19.2 Å². The number of carbonyl (C=O) groups is 2. The third-order valence-corrected chi connectivity index (χ3v) is 1.72.